The molecular weight excluding hydrogens is 503 g/mol. The van der Waals surface area contributed by atoms with E-state index in [2.05, 4.69) is 10.3 Å². The number of amidine groups is 1. The number of thioether (sulfide) groups is 1. The van der Waals surface area contributed by atoms with Crippen LogP contribution in [0.1, 0.15) is 11.1 Å². The number of amides is 1. The van der Waals surface area contributed by atoms with Gasteiger partial charge in [-0.2, -0.15) is 8.42 Å². The summed E-state index contributed by atoms with van der Waals surface area (Å²) in [5.74, 6) is -0.313. The third kappa shape index (κ3) is 5.78. The van der Waals surface area contributed by atoms with Crippen LogP contribution in [0.5, 0.6) is 5.75 Å². The molecule has 6 nitrogen and oxygen atoms in total. The van der Waals surface area contributed by atoms with Crippen molar-refractivity contribution >= 4 is 67.9 Å². The zero-order chi connectivity index (χ0) is 23.6. The minimum absolute atomic E-state index is 0.0288. The van der Waals surface area contributed by atoms with E-state index in [-0.39, 0.29) is 21.6 Å². The van der Waals surface area contributed by atoms with Gasteiger partial charge in [-0.05, 0) is 78.9 Å². The van der Waals surface area contributed by atoms with Crippen LogP contribution >= 0.6 is 35.0 Å². The van der Waals surface area contributed by atoms with Gasteiger partial charge in [-0.1, -0.05) is 47.0 Å². The smallest absolute Gasteiger partial charge is 0.339 e. The first kappa shape index (κ1) is 23.4. The largest absolute Gasteiger partial charge is 0.377 e. The molecular formula is C23H16Cl2N2O4S2. The number of carbonyl (C=O) groups excluding carboxylic acids is 1. The molecule has 1 aliphatic rings. The van der Waals surface area contributed by atoms with Gasteiger partial charge in [0.05, 0.1) is 15.6 Å². The summed E-state index contributed by atoms with van der Waals surface area (Å²) in [5.41, 5.74) is 2.45. The van der Waals surface area contributed by atoms with Crippen LogP contribution in [0.3, 0.4) is 0 Å². The molecule has 1 N–H and O–H groups in total. The van der Waals surface area contributed by atoms with Crippen molar-refractivity contribution in [3.05, 3.63) is 92.8 Å². The summed E-state index contributed by atoms with van der Waals surface area (Å²) < 4.78 is 30.1. The van der Waals surface area contributed by atoms with Crippen molar-refractivity contribution in [3.8, 4) is 5.75 Å². The molecule has 1 fully saturated rings. The predicted octanol–water partition coefficient (Wildman–Crippen LogP) is 5.96. The molecule has 0 bridgehead atoms. The molecule has 3 aromatic rings. The Morgan fingerprint density at radius 1 is 1.00 bits per heavy atom. The molecule has 0 aliphatic carbocycles. The van der Waals surface area contributed by atoms with E-state index in [4.69, 9.17) is 27.4 Å². The fourth-order valence-corrected chi connectivity index (χ4v) is 5.00. The summed E-state index contributed by atoms with van der Waals surface area (Å²) in [6.07, 6.45) is 1.64. The van der Waals surface area contributed by atoms with Gasteiger partial charge >= 0.3 is 10.1 Å². The molecule has 4 rings (SSSR count). The number of nitrogens with zero attached hydrogens (tertiary/aromatic N) is 1. The Bertz CT molecular complexity index is 1380. The highest BCUT2D eigenvalue weighted by atomic mass is 35.5. The Balaban J connectivity index is 1.51. The molecule has 0 aromatic heterocycles. The van der Waals surface area contributed by atoms with Crippen molar-refractivity contribution < 1.29 is 17.4 Å². The highest BCUT2D eigenvalue weighted by Crippen LogP contribution is 2.32. The zero-order valence-electron chi connectivity index (χ0n) is 17.1. The number of halogens is 2. The van der Waals surface area contributed by atoms with Crippen LogP contribution < -0.4 is 9.50 Å². The first-order valence-corrected chi connectivity index (χ1v) is 12.5. The molecule has 0 saturated carbocycles. The second-order valence-corrected chi connectivity index (χ2v) is 10.4. The maximum absolute atomic E-state index is 12.5. The van der Waals surface area contributed by atoms with Gasteiger partial charge in [-0.25, -0.2) is 4.99 Å². The topological polar surface area (TPSA) is 84.8 Å². The first-order chi connectivity index (χ1) is 15.7. The summed E-state index contributed by atoms with van der Waals surface area (Å²) in [7, 11) is -4.08. The number of hydrogen-bond acceptors (Lipinski definition) is 6. The van der Waals surface area contributed by atoms with Crippen molar-refractivity contribution in [3.63, 3.8) is 0 Å². The fourth-order valence-electron chi connectivity index (χ4n) is 2.81. The monoisotopic (exact) mass is 518 g/mol. The van der Waals surface area contributed by atoms with Gasteiger partial charge < -0.3 is 9.50 Å². The third-order valence-electron chi connectivity index (χ3n) is 4.47. The lowest BCUT2D eigenvalue weighted by atomic mass is 10.2. The van der Waals surface area contributed by atoms with Crippen LogP contribution in [0.2, 0.25) is 10.0 Å². The van der Waals surface area contributed by atoms with Crippen molar-refractivity contribution in [1.29, 1.82) is 0 Å². The van der Waals surface area contributed by atoms with Crippen LogP contribution in [-0.2, 0) is 14.9 Å². The quantitative estimate of drug-likeness (QED) is 0.332. The lowest BCUT2D eigenvalue weighted by molar-refractivity contribution is -0.115. The van der Waals surface area contributed by atoms with Gasteiger partial charge in [0.1, 0.15) is 4.90 Å². The van der Waals surface area contributed by atoms with Gasteiger partial charge in [0.2, 0.25) is 0 Å². The molecule has 33 heavy (non-hydrogen) atoms. The van der Waals surface area contributed by atoms with E-state index in [0.717, 1.165) is 11.3 Å². The van der Waals surface area contributed by atoms with E-state index >= 15 is 0 Å². The second-order valence-electron chi connectivity index (χ2n) is 7.00. The molecule has 1 saturated heterocycles. The van der Waals surface area contributed by atoms with Gasteiger partial charge in [0.25, 0.3) is 5.91 Å². The molecule has 0 atom stereocenters. The molecule has 3 aromatic carbocycles. The minimum Gasteiger partial charge on any atom is -0.377 e. The van der Waals surface area contributed by atoms with E-state index in [9.17, 15) is 13.2 Å². The van der Waals surface area contributed by atoms with Crippen LogP contribution in [-0.4, -0.2) is 19.5 Å². The Morgan fingerprint density at radius 2 is 1.70 bits per heavy atom. The lowest BCUT2D eigenvalue weighted by Crippen LogP contribution is -2.19. The van der Waals surface area contributed by atoms with Gasteiger partial charge in [-0.3, -0.25) is 4.79 Å². The molecule has 1 amide bonds. The number of aliphatic imine (C=N–C) groups is 1. The first-order valence-electron chi connectivity index (χ1n) is 9.55. The SMILES string of the molecule is Cc1ccc(N=C2NC(=O)/C(=C/c3ccc(OS(=O)(=O)c4ccc(Cl)cc4)c(Cl)c3)S2)cc1. The normalized spacial score (nSPS) is 16.3. The maximum atomic E-state index is 12.5. The van der Waals surface area contributed by atoms with Crippen molar-refractivity contribution in [1.82, 2.24) is 5.32 Å². The highest BCUT2D eigenvalue weighted by Gasteiger charge is 2.24. The highest BCUT2D eigenvalue weighted by molar-refractivity contribution is 8.18. The van der Waals surface area contributed by atoms with E-state index < -0.39 is 10.1 Å². The molecule has 1 aliphatic heterocycles. The molecule has 0 spiro atoms. The van der Waals surface area contributed by atoms with Gasteiger partial charge in [0.15, 0.2) is 10.9 Å². The van der Waals surface area contributed by atoms with Crippen LogP contribution in [0.4, 0.5) is 5.69 Å². The number of hydrogen-bond donors (Lipinski definition) is 1. The predicted molar refractivity (Wildman–Crippen MR) is 133 cm³/mol. The molecule has 1 heterocycles. The van der Waals surface area contributed by atoms with Gasteiger partial charge in [-0.15, -0.1) is 0 Å². The van der Waals surface area contributed by atoms with E-state index in [1.54, 1.807) is 12.1 Å². The molecule has 10 heteroatoms. The summed E-state index contributed by atoms with van der Waals surface area (Å²) in [6, 6.07) is 17.8. The summed E-state index contributed by atoms with van der Waals surface area (Å²) >= 11 is 13.2. The van der Waals surface area contributed by atoms with Crippen molar-refractivity contribution in [2.24, 2.45) is 4.99 Å². The van der Waals surface area contributed by atoms with Gasteiger partial charge in [0, 0.05) is 5.02 Å². The third-order valence-corrected chi connectivity index (χ3v) is 7.18. The second kappa shape index (κ2) is 9.61. The van der Waals surface area contributed by atoms with E-state index in [1.807, 2.05) is 31.2 Å². The zero-order valence-corrected chi connectivity index (χ0v) is 20.2. The number of carbonyl (C=O) groups is 1. The average Bonchev–Trinajstić information content (AvgIpc) is 3.10. The lowest BCUT2D eigenvalue weighted by Gasteiger charge is -2.09. The number of rotatable bonds is 5. The molecule has 168 valence electrons. The number of nitrogens with one attached hydrogen (secondary N) is 1. The minimum atomic E-state index is -4.08. The fraction of sp³-hybridized carbons (Fsp3) is 0.0435. The Kier molecular flexibility index (Phi) is 6.81. The maximum Gasteiger partial charge on any atom is 0.339 e. The van der Waals surface area contributed by atoms with Crippen LogP contribution in [0.25, 0.3) is 6.08 Å². The van der Waals surface area contributed by atoms with E-state index in [1.165, 1.54) is 48.2 Å². The summed E-state index contributed by atoms with van der Waals surface area (Å²) in [5, 5.41) is 3.68. The summed E-state index contributed by atoms with van der Waals surface area (Å²) in [6.45, 7) is 1.98. The van der Waals surface area contributed by atoms with Crippen LogP contribution in [0.15, 0.2) is 81.5 Å². The molecule has 0 radical (unpaired) electrons. The average molecular weight is 519 g/mol. The number of aryl methyl sites for hydroxylation is 1. The van der Waals surface area contributed by atoms with E-state index in [0.29, 0.717) is 20.7 Å². The standard InChI is InChI=1S/C23H16Cl2N2O4S2/c1-14-2-7-17(8-3-14)26-23-27-22(28)21(32-23)13-15-4-11-20(19(25)12-15)31-33(29,30)18-9-5-16(24)6-10-18/h2-13H,1H3,(H,26,27,28)/b21-13-. The Hall–Kier alpha value is -2.78. The van der Waals surface area contributed by atoms with Crippen LogP contribution in [0, 0.1) is 6.92 Å². The van der Waals surface area contributed by atoms with Crippen molar-refractivity contribution in [2.45, 2.75) is 11.8 Å². The Morgan fingerprint density at radius 3 is 2.36 bits per heavy atom. The molecule has 0 unspecified atom stereocenters. The number of benzene rings is 3. The van der Waals surface area contributed by atoms with Crippen molar-refractivity contribution in [2.75, 3.05) is 0 Å². The summed E-state index contributed by atoms with van der Waals surface area (Å²) in [4.78, 5) is 17.1. The Labute approximate surface area is 205 Å².